The lowest BCUT2D eigenvalue weighted by Gasteiger charge is -2.08. The first-order valence-electron chi connectivity index (χ1n) is 5.38. The van der Waals surface area contributed by atoms with Crippen LogP contribution >= 0.6 is 0 Å². The average Bonchev–Trinajstić information content (AvgIpc) is 2.42. The Bertz CT molecular complexity index is 410. The lowest BCUT2D eigenvalue weighted by Crippen LogP contribution is -2.20. The van der Waals surface area contributed by atoms with Crippen molar-refractivity contribution in [2.45, 2.75) is 32.6 Å². The summed E-state index contributed by atoms with van der Waals surface area (Å²) in [6, 6.07) is 0. The molecular formula is C11H16N2O2. The van der Waals surface area contributed by atoms with Crippen molar-refractivity contribution in [3.05, 3.63) is 27.4 Å². The predicted molar refractivity (Wildman–Crippen MR) is 57.2 cm³/mol. The van der Waals surface area contributed by atoms with Gasteiger partial charge in [0.25, 0.3) is 5.56 Å². The standard InChI is InChI=1S/C11H16N2O2/c1-7(2)10-12-9-4-6-15-5-3-8(9)11(14)13-10/h7H,3-6H2,1-2H3,(H,12,13,14). The van der Waals surface area contributed by atoms with Crippen LogP contribution in [0.3, 0.4) is 0 Å². The summed E-state index contributed by atoms with van der Waals surface area (Å²) in [5.41, 5.74) is 1.73. The molecule has 0 bridgehead atoms. The van der Waals surface area contributed by atoms with Gasteiger partial charge in [-0.1, -0.05) is 13.8 Å². The number of H-pyrrole nitrogens is 1. The second kappa shape index (κ2) is 4.14. The smallest absolute Gasteiger partial charge is 0.254 e. The van der Waals surface area contributed by atoms with Crippen molar-refractivity contribution < 1.29 is 4.74 Å². The topological polar surface area (TPSA) is 55.0 Å². The fourth-order valence-corrected chi connectivity index (χ4v) is 1.75. The fourth-order valence-electron chi connectivity index (χ4n) is 1.75. The van der Waals surface area contributed by atoms with E-state index in [1.165, 1.54) is 0 Å². The minimum Gasteiger partial charge on any atom is -0.381 e. The summed E-state index contributed by atoms with van der Waals surface area (Å²) in [4.78, 5) is 19.1. The Morgan fingerprint density at radius 3 is 2.80 bits per heavy atom. The molecule has 0 aromatic carbocycles. The van der Waals surface area contributed by atoms with E-state index in [0.717, 1.165) is 23.5 Å². The Hall–Kier alpha value is -1.16. The van der Waals surface area contributed by atoms with E-state index < -0.39 is 0 Å². The first kappa shape index (κ1) is 10.4. The highest BCUT2D eigenvalue weighted by Gasteiger charge is 2.15. The Balaban J connectivity index is 2.49. The molecule has 15 heavy (non-hydrogen) atoms. The first-order valence-corrected chi connectivity index (χ1v) is 5.38. The van der Waals surface area contributed by atoms with Crippen LogP contribution in [0.15, 0.2) is 4.79 Å². The molecule has 4 nitrogen and oxygen atoms in total. The maximum atomic E-state index is 11.8. The molecule has 2 heterocycles. The van der Waals surface area contributed by atoms with Crippen molar-refractivity contribution in [2.24, 2.45) is 0 Å². The maximum absolute atomic E-state index is 11.8. The number of aromatic amines is 1. The van der Waals surface area contributed by atoms with Crippen molar-refractivity contribution in [3.63, 3.8) is 0 Å². The molecule has 4 heteroatoms. The van der Waals surface area contributed by atoms with Gasteiger partial charge in [-0.25, -0.2) is 4.98 Å². The van der Waals surface area contributed by atoms with Crippen LogP contribution in [0.1, 0.15) is 36.8 Å². The van der Waals surface area contributed by atoms with Gasteiger partial charge in [0.2, 0.25) is 0 Å². The number of nitrogens with zero attached hydrogens (tertiary/aromatic N) is 1. The molecule has 0 atom stereocenters. The zero-order valence-electron chi connectivity index (χ0n) is 9.17. The minimum atomic E-state index is 0.00852. The quantitative estimate of drug-likeness (QED) is 0.749. The van der Waals surface area contributed by atoms with E-state index in [2.05, 4.69) is 9.97 Å². The monoisotopic (exact) mass is 208 g/mol. The number of rotatable bonds is 1. The highest BCUT2D eigenvalue weighted by atomic mass is 16.5. The second-order valence-corrected chi connectivity index (χ2v) is 4.14. The van der Waals surface area contributed by atoms with Gasteiger partial charge in [0.15, 0.2) is 0 Å². The molecule has 0 fully saturated rings. The van der Waals surface area contributed by atoms with E-state index in [1.54, 1.807) is 0 Å². The SMILES string of the molecule is CC(C)c1nc2c(c(=O)[nH]1)CCOCC2. The van der Waals surface area contributed by atoms with Gasteiger partial charge in [-0.3, -0.25) is 4.79 Å². The summed E-state index contributed by atoms with van der Waals surface area (Å²) < 4.78 is 5.34. The summed E-state index contributed by atoms with van der Waals surface area (Å²) >= 11 is 0. The minimum absolute atomic E-state index is 0.00852. The van der Waals surface area contributed by atoms with E-state index >= 15 is 0 Å². The molecule has 1 aromatic heterocycles. The molecule has 1 aliphatic rings. The van der Waals surface area contributed by atoms with Gasteiger partial charge in [-0.05, 0) is 0 Å². The number of ether oxygens (including phenoxy) is 1. The van der Waals surface area contributed by atoms with Crippen molar-refractivity contribution in [1.82, 2.24) is 9.97 Å². The van der Waals surface area contributed by atoms with E-state index in [-0.39, 0.29) is 11.5 Å². The van der Waals surface area contributed by atoms with Crippen molar-refractivity contribution in [2.75, 3.05) is 13.2 Å². The van der Waals surface area contributed by atoms with Crippen LogP contribution < -0.4 is 5.56 Å². The summed E-state index contributed by atoms with van der Waals surface area (Å²) in [5.74, 6) is 1.04. The molecule has 0 aliphatic carbocycles. The van der Waals surface area contributed by atoms with Gasteiger partial charge in [0, 0.05) is 24.3 Å². The molecule has 0 saturated carbocycles. The number of nitrogens with one attached hydrogen (secondary N) is 1. The predicted octanol–water partition coefficient (Wildman–Crippen LogP) is 1.01. The number of aromatic nitrogens is 2. The van der Waals surface area contributed by atoms with Crippen LogP contribution in [0.5, 0.6) is 0 Å². The van der Waals surface area contributed by atoms with Gasteiger partial charge in [0.1, 0.15) is 5.82 Å². The normalized spacial score (nSPS) is 16.2. The molecule has 0 saturated heterocycles. The first-order chi connectivity index (χ1) is 7.18. The molecule has 82 valence electrons. The van der Waals surface area contributed by atoms with Crippen molar-refractivity contribution >= 4 is 0 Å². The van der Waals surface area contributed by atoms with E-state index in [1.807, 2.05) is 13.8 Å². The zero-order chi connectivity index (χ0) is 10.8. The van der Waals surface area contributed by atoms with Gasteiger partial charge >= 0.3 is 0 Å². The van der Waals surface area contributed by atoms with E-state index in [9.17, 15) is 4.79 Å². The molecule has 0 unspecified atom stereocenters. The van der Waals surface area contributed by atoms with E-state index in [0.29, 0.717) is 19.6 Å². The van der Waals surface area contributed by atoms with E-state index in [4.69, 9.17) is 4.74 Å². The lowest BCUT2D eigenvalue weighted by molar-refractivity contribution is 0.146. The molecule has 0 amide bonds. The highest BCUT2D eigenvalue weighted by Crippen LogP contribution is 2.12. The zero-order valence-corrected chi connectivity index (χ0v) is 9.17. The Labute approximate surface area is 88.7 Å². The summed E-state index contributed by atoms with van der Waals surface area (Å²) in [7, 11) is 0. The van der Waals surface area contributed by atoms with Crippen LogP contribution in [0.2, 0.25) is 0 Å². The fraction of sp³-hybridized carbons (Fsp3) is 0.636. The third kappa shape index (κ3) is 2.09. The van der Waals surface area contributed by atoms with Crippen molar-refractivity contribution in [3.8, 4) is 0 Å². The average molecular weight is 208 g/mol. The van der Waals surface area contributed by atoms with Crippen LogP contribution in [0.4, 0.5) is 0 Å². The van der Waals surface area contributed by atoms with Crippen LogP contribution in [-0.4, -0.2) is 23.2 Å². The third-order valence-electron chi connectivity index (χ3n) is 2.65. The van der Waals surface area contributed by atoms with Crippen LogP contribution in [0, 0.1) is 0 Å². The third-order valence-corrected chi connectivity index (χ3v) is 2.65. The number of hydrogen-bond acceptors (Lipinski definition) is 3. The van der Waals surface area contributed by atoms with Crippen molar-refractivity contribution in [1.29, 1.82) is 0 Å². The van der Waals surface area contributed by atoms with Gasteiger partial charge < -0.3 is 9.72 Å². The van der Waals surface area contributed by atoms with Gasteiger partial charge in [-0.15, -0.1) is 0 Å². The Morgan fingerprint density at radius 2 is 2.07 bits per heavy atom. The Kier molecular flexibility index (Phi) is 2.86. The molecule has 1 N–H and O–H groups in total. The number of hydrogen-bond donors (Lipinski definition) is 1. The summed E-state index contributed by atoms with van der Waals surface area (Å²) in [6.07, 6.45) is 1.43. The highest BCUT2D eigenvalue weighted by molar-refractivity contribution is 5.20. The molecule has 0 spiro atoms. The molecule has 2 rings (SSSR count). The van der Waals surface area contributed by atoms with Crippen LogP contribution in [-0.2, 0) is 17.6 Å². The molecule has 1 aromatic rings. The molecule has 0 radical (unpaired) electrons. The van der Waals surface area contributed by atoms with Gasteiger partial charge in [-0.2, -0.15) is 0 Å². The molecular weight excluding hydrogens is 192 g/mol. The molecule has 1 aliphatic heterocycles. The largest absolute Gasteiger partial charge is 0.381 e. The lowest BCUT2D eigenvalue weighted by atomic mass is 10.1. The van der Waals surface area contributed by atoms with Gasteiger partial charge in [0.05, 0.1) is 18.9 Å². The summed E-state index contributed by atoms with van der Waals surface area (Å²) in [5, 5.41) is 0. The van der Waals surface area contributed by atoms with Crippen LogP contribution in [0.25, 0.3) is 0 Å². The second-order valence-electron chi connectivity index (χ2n) is 4.14. The Morgan fingerprint density at radius 1 is 1.33 bits per heavy atom. The maximum Gasteiger partial charge on any atom is 0.254 e. The number of fused-ring (bicyclic) bond motifs is 1. The summed E-state index contributed by atoms with van der Waals surface area (Å²) in [6.45, 7) is 5.34.